The molecule has 0 spiro atoms. The fourth-order valence-corrected chi connectivity index (χ4v) is 2.14. The van der Waals surface area contributed by atoms with Crippen LogP contribution in [-0.2, 0) is 12.8 Å². The van der Waals surface area contributed by atoms with Gasteiger partial charge >= 0.3 is 0 Å². The molecular weight excluding hydrogens is 268 g/mol. The van der Waals surface area contributed by atoms with Gasteiger partial charge in [0.05, 0.1) is 11.4 Å². The van der Waals surface area contributed by atoms with E-state index in [-0.39, 0.29) is 19.0 Å². The lowest BCUT2D eigenvalue weighted by atomic mass is 10.1. The fraction of sp³-hybridized carbons (Fsp3) is 0.250. The Labute approximate surface area is 123 Å². The van der Waals surface area contributed by atoms with E-state index < -0.39 is 0 Å². The van der Waals surface area contributed by atoms with Gasteiger partial charge in [-0.05, 0) is 48.2 Å². The van der Waals surface area contributed by atoms with Gasteiger partial charge < -0.3 is 15.3 Å². The lowest BCUT2D eigenvalue weighted by molar-refractivity contribution is 0.299. The topological polar surface area (TPSA) is 90.0 Å². The zero-order valence-electron chi connectivity index (χ0n) is 11.7. The Morgan fingerprint density at radius 1 is 0.857 bits per heavy atom. The summed E-state index contributed by atoms with van der Waals surface area (Å²) in [5, 5.41) is 29.3. The van der Waals surface area contributed by atoms with Crippen LogP contribution in [0.5, 0.6) is 5.75 Å². The number of nitrogens with two attached hydrogens (primary N) is 1. The summed E-state index contributed by atoms with van der Waals surface area (Å²) in [4.78, 5) is 0. The van der Waals surface area contributed by atoms with Crippen molar-refractivity contribution in [2.45, 2.75) is 12.8 Å². The van der Waals surface area contributed by atoms with E-state index in [0.717, 1.165) is 16.8 Å². The highest BCUT2D eigenvalue weighted by Gasteiger charge is 2.10. The maximum absolute atomic E-state index is 9.96. The van der Waals surface area contributed by atoms with Crippen LogP contribution in [0.2, 0.25) is 0 Å². The summed E-state index contributed by atoms with van der Waals surface area (Å²) in [6.07, 6.45) is 1.11. The first-order valence-electron chi connectivity index (χ1n) is 6.83. The van der Waals surface area contributed by atoms with Crippen LogP contribution in [0.15, 0.2) is 42.5 Å². The van der Waals surface area contributed by atoms with Gasteiger partial charge in [0.2, 0.25) is 0 Å². The molecule has 0 bridgehead atoms. The number of benzene rings is 2. The van der Waals surface area contributed by atoms with Crippen LogP contribution in [-0.4, -0.2) is 28.5 Å². The van der Waals surface area contributed by atoms with Crippen molar-refractivity contribution in [2.24, 2.45) is 5.84 Å². The third-order valence-corrected chi connectivity index (χ3v) is 3.31. The number of rotatable bonds is 6. The SMILES string of the molecule is NN(c1ccc(CCO)cc1)c1cc(CCO)ccc1O. The molecule has 0 amide bonds. The van der Waals surface area contributed by atoms with Crippen molar-refractivity contribution in [3.05, 3.63) is 53.6 Å². The molecule has 0 radical (unpaired) electrons. The van der Waals surface area contributed by atoms with Crippen LogP contribution in [0.4, 0.5) is 11.4 Å². The van der Waals surface area contributed by atoms with Gasteiger partial charge in [0.1, 0.15) is 5.75 Å². The molecule has 0 heterocycles. The summed E-state index contributed by atoms with van der Waals surface area (Å²) < 4.78 is 0. The Morgan fingerprint density at radius 3 is 2.05 bits per heavy atom. The van der Waals surface area contributed by atoms with Gasteiger partial charge in [-0.3, -0.25) is 5.01 Å². The number of aliphatic hydroxyl groups is 2. The molecule has 2 aromatic rings. The van der Waals surface area contributed by atoms with Crippen LogP contribution >= 0.6 is 0 Å². The quantitative estimate of drug-likeness (QED) is 0.477. The molecule has 0 atom stereocenters. The van der Waals surface area contributed by atoms with Gasteiger partial charge in [-0.2, -0.15) is 0 Å². The fourth-order valence-electron chi connectivity index (χ4n) is 2.14. The Bertz CT molecular complexity index is 585. The average Bonchev–Trinajstić information content (AvgIpc) is 2.50. The molecule has 2 aromatic carbocycles. The molecular formula is C16H20N2O3. The summed E-state index contributed by atoms with van der Waals surface area (Å²) in [5.74, 6) is 6.15. The highest BCUT2D eigenvalue weighted by atomic mass is 16.3. The van der Waals surface area contributed by atoms with E-state index in [1.54, 1.807) is 18.2 Å². The Balaban J connectivity index is 2.25. The molecule has 0 aromatic heterocycles. The van der Waals surface area contributed by atoms with E-state index in [1.165, 1.54) is 5.01 Å². The number of hydrogen-bond acceptors (Lipinski definition) is 5. The van der Waals surface area contributed by atoms with Crippen molar-refractivity contribution in [1.29, 1.82) is 0 Å². The molecule has 0 aliphatic heterocycles. The number of aromatic hydroxyl groups is 1. The van der Waals surface area contributed by atoms with Gasteiger partial charge in [-0.15, -0.1) is 0 Å². The van der Waals surface area contributed by atoms with Crippen LogP contribution in [0.25, 0.3) is 0 Å². The second-order valence-electron chi connectivity index (χ2n) is 4.81. The monoisotopic (exact) mass is 288 g/mol. The Hall–Kier alpha value is -2.08. The van der Waals surface area contributed by atoms with Crippen molar-refractivity contribution in [3.8, 4) is 5.75 Å². The summed E-state index contributed by atoms with van der Waals surface area (Å²) >= 11 is 0. The normalized spacial score (nSPS) is 10.6. The summed E-state index contributed by atoms with van der Waals surface area (Å²) in [7, 11) is 0. The average molecular weight is 288 g/mol. The van der Waals surface area contributed by atoms with E-state index in [2.05, 4.69) is 0 Å². The number of phenolic OH excluding ortho intramolecular Hbond substituents is 1. The highest BCUT2D eigenvalue weighted by molar-refractivity contribution is 5.68. The zero-order valence-corrected chi connectivity index (χ0v) is 11.7. The number of hydrazine groups is 1. The van der Waals surface area contributed by atoms with E-state index in [4.69, 9.17) is 16.1 Å². The first kappa shape index (κ1) is 15.3. The second-order valence-corrected chi connectivity index (χ2v) is 4.81. The molecule has 5 N–H and O–H groups in total. The zero-order chi connectivity index (χ0) is 15.2. The first-order valence-corrected chi connectivity index (χ1v) is 6.83. The number of hydrogen-bond donors (Lipinski definition) is 4. The lowest BCUT2D eigenvalue weighted by Gasteiger charge is -2.21. The van der Waals surface area contributed by atoms with Crippen LogP contribution in [0.1, 0.15) is 11.1 Å². The molecule has 2 rings (SSSR count). The van der Waals surface area contributed by atoms with E-state index >= 15 is 0 Å². The van der Waals surface area contributed by atoms with Crippen molar-refractivity contribution in [1.82, 2.24) is 0 Å². The number of aliphatic hydroxyl groups excluding tert-OH is 2. The molecule has 21 heavy (non-hydrogen) atoms. The van der Waals surface area contributed by atoms with Crippen LogP contribution < -0.4 is 10.9 Å². The van der Waals surface area contributed by atoms with Crippen molar-refractivity contribution < 1.29 is 15.3 Å². The lowest BCUT2D eigenvalue weighted by Crippen LogP contribution is -2.25. The number of phenols is 1. The smallest absolute Gasteiger partial charge is 0.140 e. The van der Waals surface area contributed by atoms with Crippen LogP contribution in [0, 0.1) is 0 Å². The minimum Gasteiger partial charge on any atom is -0.506 e. The van der Waals surface area contributed by atoms with Crippen molar-refractivity contribution >= 4 is 11.4 Å². The predicted octanol–water partition coefficient (Wildman–Crippen LogP) is 1.47. The third kappa shape index (κ3) is 3.72. The largest absolute Gasteiger partial charge is 0.506 e. The molecule has 0 fully saturated rings. The molecule has 0 saturated carbocycles. The van der Waals surface area contributed by atoms with Gasteiger partial charge in [0.15, 0.2) is 0 Å². The first-order chi connectivity index (χ1) is 10.2. The highest BCUT2D eigenvalue weighted by Crippen LogP contribution is 2.31. The number of anilines is 2. The molecule has 5 nitrogen and oxygen atoms in total. The molecule has 5 heteroatoms. The van der Waals surface area contributed by atoms with Crippen molar-refractivity contribution in [2.75, 3.05) is 18.2 Å². The van der Waals surface area contributed by atoms with Gasteiger partial charge in [-0.25, -0.2) is 5.84 Å². The Kier molecular flexibility index (Phi) is 5.16. The van der Waals surface area contributed by atoms with Crippen molar-refractivity contribution in [3.63, 3.8) is 0 Å². The number of nitrogens with zero attached hydrogens (tertiary/aromatic N) is 1. The molecule has 0 aliphatic carbocycles. The Morgan fingerprint density at radius 2 is 1.43 bits per heavy atom. The van der Waals surface area contributed by atoms with E-state index in [0.29, 0.717) is 18.5 Å². The second kappa shape index (κ2) is 7.08. The standard InChI is InChI=1S/C16H20N2O3/c17-18(14-4-1-12(2-5-14)7-9-19)15-11-13(8-10-20)3-6-16(15)21/h1-6,11,19-21H,7-10,17H2. The van der Waals surface area contributed by atoms with Crippen LogP contribution in [0.3, 0.4) is 0 Å². The molecule has 0 saturated heterocycles. The molecule has 0 unspecified atom stereocenters. The van der Waals surface area contributed by atoms with E-state index in [9.17, 15) is 5.11 Å². The molecule has 112 valence electrons. The van der Waals surface area contributed by atoms with E-state index in [1.807, 2.05) is 24.3 Å². The third-order valence-electron chi connectivity index (χ3n) is 3.31. The maximum Gasteiger partial charge on any atom is 0.140 e. The minimum atomic E-state index is 0.0463. The van der Waals surface area contributed by atoms with Gasteiger partial charge in [-0.1, -0.05) is 18.2 Å². The molecule has 0 aliphatic rings. The minimum absolute atomic E-state index is 0.0463. The maximum atomic E-state index is 9.96. The summed E-state index contributed by atoms with van der Waals surface area (Å²) in [6.45, 7) is 0.153. The summed E-state index contributed by atoms with van der Waals surface area (Å²) in [6, 6.07) is 12.5. The van der Waals surface area contributed by atoms with Gasteiger partial charge in [0, 0.05) is 13.2 Å². The summed E-state index contributed by atoms with van der Waals surface area (Å²) in [5.41, 5.74) is 3.13. The van der Waals surface area contributed by atoms with Gasteiger partial charge in [0.25, 0.3) is 0 Å². The predicted molar refractivity (Wildman–Crippen MR) is 82.5 cm³/mol.